The number of benzene rings is 3. The van der Waals surface area contributed by atoms with Crippen molar-refractivity contribution in [2.24, 2.45) is 5.92 Å². The molecule has 0 aromatic heterocycles. The van der Waals surface area contributed by atoms with Crippen molar-refractivity contribution in [2.45, 2.75) is 52.8 Å². The number of nitrogens with zero attached hydrogens (tertiary/aromatic N) is 1. The first kappa shape index (κ1) is 25.1. The minimum absolute atomic E-state index is 0.142. The molecule has 0 aliphatic carbocycles. The van der Waals surface area contributed by atoms with Gasteiger partial charge in [0.1, 0.15) is 5.92 Å². The van der Waals surface area contributed by atoms with Gasteiger partial charge >= 0.3 is 0 Å². The van der Waals surface area contributed by atoms with Crippen molar-refractivity contribution in [2.75, 3.05) is 16.8 Å². The second kappa shape index (κ2) is 9.71. The highest BCUT2D eigenvalue weighted by Gasteiger charge is 2.59. The molecule has 3 aromatic carbocycles. The van der Waals surface area contributed by atoms with Crippen molar-refractivity contribution in [3.63, 3.8) is 0 Å². The Hall–Kier alpha value is -3.58. The van der Waals surface area contributed by atoms with E-state index in [0.29, 0.717) is 23.2 Å². The van der Waals surface area contributed by atoms with Crippen LogP contribution in [-0.4, -0.2) is 23.4 Å². The summed E-state index contributed by atoms with van der Waals surface area (Å²) in [6.45, 7) is 10.6. The number of anilines is 2. The largest absolute Gasteiger partial charge is 0.490 e. The van der Waals surface area contributed by atoms with Gasteiger partial charge < -0.3 is 20.1 Å². The number of fused-ring (bicyclic) bond motifs is 4. The first-order valence-electron chi connectivity index (χ1n) is 12.8. The van der Waals surface area contributed by atoms with E-state index in [1.807, 2.05) is 75.1 Å². The van der Waals surface area contributed by atoms with Gasteiger partial charge in [-0.15, -0.1) is 0 Å². The molecule has 37 heavy (non-hydrogen) atoms. The third-order valence-corrected chi connectivity index (χ3v) is 7.61. The number of amides is 1. The lowest BCUT2D eigenvalue weighted by Crippen LogP contribution is -2.72. The smallest absolute Gasteiger partial charge is 0.236 e. The number of rotatable bonds is 6. The van der Waals surface area contributed by atoms with E-state index in [-0.39, 0.29) is 5.91 Å². The number of hydrogen-bond acceptors (Lipinski definition) is 4. The molecule has 0 unspecified atom stereocenters. The maximum atomic E-state index is 14.1. The summed E-state index contributed by atoms with van der Waals surface area (Å²) in [5.41, 5.74) is 4.77. The average Bonchev–Trinajstić information content (AvgIpc) is 2.86. The zero-order chi connectivity index (χ0) is 26.3. The summed E-state index contributed by atoms with van der Waals surface area (Å²) in [4.78, 5) is 16.0. The van der Waals surface area contributed by atoms with Crippen LogP contribution in [0.2, 0.25) is 0 Å². The monoisotopic (exact) mass is 515 g/mol. The Morgan fingerprint density at radius 2 is 1.89 bits per heavy atom. The standard InChI is InChI=1S/C30H33N3O3S/c1-6-20-12-14-21(15-13-20)33-29(37)32-26-22-9-8-10-24(35-7-2)27(22)36-30(33,5)25(26)28(34)31-23-16-11-18(3)17-19(23)4/h8-17,25-26H,6-7H2,1-5H3,(H,31,34)(H,32,37)/t25-,26-,30+/m1/s1. The summed E-state index contributed by atoms with van der Waals surface area (Å²) < 4.78 is 12.7. The zero-order valence-corrected chi connectivity index (χ0v) is 22.7. The Kier molecular flexibility index (Phi) is 6.58. The van der Waals surface area contributed by atoms with Crippen molar-refractivity contribution >= 4 is 34.6 Å². The molecule has 2 N–H and O–H groups in total. The molecule has 5 rings (SSSR count). The van der Waals surface area contributed by atoms with Crippen LogP contribution in [0.4, 0.5) is 11.4 Å². The van der Waals surface area contributed by atoms with E-state index in [1.165, 1.54) is 5.56 Å². The van der Waals surface area contributed by atoms with Crippen molar-refractivity contribution in [1.82, 2.24) is 5.32 Å². The van der Waals surface area contributed by atoms with Crippen molar-refractivity contribution < 1.29 is 14.3 Å². The molecule has 3 aromatic rings. The normalized spacial score (nSPS) is 22.0. The lowest BCUT2D eigenvalue weighted by atomic mass is 9.78. The first-order valence-corrected chi connectivity index (χ1v) is 13.2. The van der Waals surface area contributed by atoms with Crippen LogP contribution >= 0.6 is 12.2 Å². The van der Waals surface area contributed by atoms with Crippen molar-refractivity contribution in [1.29, 1.82) is 0 Å². The average molecular weight is 516 g/mol. The maximum Gasteiger partial charge on any atom is 0.236 e. The van der Waals surface area contributed by atoms with Gasteiger partial charge in [0, 0.05) is 16.9 Å². The minimum atomic E-state index is -1.11. The highest BCUT2D eigenvalue weighted by Crippen LogP contribution is 2.52. The number of ether oxygens (including phenoxy) is 2. The minimum Gasteiger partial charge on any atom is -0.490 e. The molecule has 0 spiro atoms. The Labute approximate surface area is 224 Å². The third kappa shape index (κ3) is 4.31. The number of hydrogen-bond donors (Lipinski definition) is 2. The van der Waals surface area contributed by atoms with Crippen LogP contribution in [0.5, 0.6) is 11.5 Å². The van der Waals surface area contributed by atoms with Gasteiger partial charge in [-0.1, -0.05) is 48.9 Å². The van der Waals surface area contributed by atoms with E-state index in [4.69, 9.17) is 21.7 Å². The lowest BCUT2D eigenvalue weighted by Gasteiger charge is -2.56. The number of aryl methyl sites for hydroxylation is 3. The number of thiocarbonyl (C=S) groups is 1. The summed E-state index contributed by atoms with van der Waals surface area (Å²) in [5, 5.41) is 7.17. The molecule has 0 radical (unpaired) electrons. The maximum absolute atomic E-state index is 14.1. The Morgan fingerprint density at radius 1 is 1.14 bits per heavy atom. The molecular weight excluding hydrogens is 482 g/mol. The molecule has 2 aliphatic heterocycles. The topological polar surface area (TPSA) is 62.8 Å². The number of nitrogens with one attached hydrogen (secondary N) is 2. The van der Waals surface area contributed by atoms with Gasteiger partial charge in [-0.3, -0.25) is 9.69 Å². The van der Waals surface area contributed by atoms with Crippen LogP contribution in [0, 0.1) is 19.8 Å². The molecule has 192 valence electrons. The number of carbonyl (C=O) groups is 1. The van der Waals surface area contributed by atoms with E-state index in [2.05, 4.69) is 35.8 Å². The number of para-hydroxylation sites is 1. The highest BCUT2D eigenvalue weighted by atomic mass is 32.1. The fourth-order valence-electron chi connectivity index (χ4n) is 5.47. The van der Waals surface area contributed by atoms with Gasteiger partial charge in [-0.05, 0) is 81.7 Å². The molecule has 0 saturated carbocycles. The van der Waals surface area contributed by atoms with E-state index in [1.54, 1.807) is 0 Å². The summed E-state index contributed by atoms with van der Waals surface area (Å²) >= 11 is 5.89. The second-order valence-corrected chi connectivity index (χ2v) is 10.2. The van der Waals surface area contributed by atoms with Gasteiger partial charge in [-0.2, -0.15) is 0 Å². The van der Waals surface area contributed by atoms with E-state index in [9.17, 15) is 4.79 Å². The predicted octanol–water partition coefficient (Wildman–Crippen LogP) is 6.06. The van der Waals surface area contributed by atoms with Gasteiger partial charge in [0.15, 0.2) is 22.3 Å². The first-order chi connectivity index (χ1) is 17.8. The molecule has 7 heteroatoms. The molecule has 2 bridgehead atoms. The molecule has 3 atom stereocenters. The van der Waals surface area contributed by atoms with Crippen LogP contribution in [0.25, 0.3) is 0 Å². The van der Waals surface area contributed by atoms with Crippen LogP contribution in [0.1, 0.15) is 49.1 Å². The molecule has 1 fully saturated rings. The predicted molar refractivity (Wildman–Crippen MR) is 151 cm³/mol. The SMILES string of the molecule is CCOc1cccc2c1O[C@@]1(C)[C@@H](C(=O)Nc3ccc(C)cc3C)[C@@H]2NC(=S)N1c1ccc(CC)cc1. The van der Waals surface area contributed by atoms with E-state index < -0.39 is 17.7 Å². The third-order valence-electron chi connectivity index (χ3n) is 7.31. The fourth-order valence-corrected chi connectivity index (χ4v) is 5.89. The van der Waals surface area contributed by atoms with Crippen molar-refractivity contribution in [3.8, 4) is 11.5 Å². The summed E-state index contributed by atoms with van der Waals surface area (Å²) in [6.07, 6.45) is 0.935. The van der Waals surface area contributed by atoms with Crippen molar-refractivity contribution in [3.05, 3.63) is 82.9 Å². The summed E-state index contributed by atoms with van der Waals surface area (Å²) in [5.74, 6) is 0.533. The Morgan fingerprint density at radius 3 is 2.57 bits per heavy atom. The molecule has 1 saturated heterocycles. The van der Waals surface area contributed by atoms with Gasteiger partial charge in [0.25, 0.3) is 0 Å². The zero-order valence-electron chi connectivity index (χ0n) is 21.9. The molecule has 1 amide bonds. The van der Waals surface area contributed by atoms with Gasteiger partial charge in [0.05, 0.1) is 12.6 Å². The lowest BCUT2D eigenvalue weighted by molar-refractivity contribution is -0.130. The van der Waals surface area contributed by atoms with E-state index >= 15 is 0 Å². The molecule has 6 nitrogen and oxygen atoms in total. The van der Waals surface area contributed by atoms with Crippen LogP contribution in [0.15, 0.2) is 60.7 Å². The molecular formula is C30H33N3O3S. The van der Waals surface area contributed by atoms with Gasteiger partial charge in [0.2, 0.25) is 5.91 Å². The van der Waals surface area contributed by atoms with Gasteiger partial charge in [-0.25, -0.2) is 0 Å². The summed E-state index contributed by atoms with van der Waals surface area (Å²) in [6, 6.07) is 19.7. The highest BCUT2D eigenvalue weighted by molar-refractivity contribution is 7.80. The van der Waals surface area contributed by atoms with Crippen LogP contribution < -0.4 is 25.0 Å². The quantitative estimate of drug-likeness (QED) is 0.389. The second-order valence-electron chi connectivity index (χ2n) is 9.83. The van der Waals surface area contributed by atoms with Crippen LogP contribution in [-0.2, 0) is 11.2 Å². The Balaban J connectivity index is 1.63. The van der Waals surface area contributed by atoms with E-state index in [0.717, 1.165) is 34.5 Å². The number of carbonyl (C=O) groups excluding carboxylic acids is 1. The Bertz CT molecular complexity index is 1360. The molecule has 2 aliphatic rings. The fraction of sp³-hybridized carbons (Fsp3) is 0.333. The van der Waals surface area contributed by atoms with Crippen LogP contribution in [0.3, 0.4) is 0 Å². The molecule has 2 heterocycles. The summed E-state index contributed by atoms with van der Waals surface area (Å²) in [7, 11) is 0.